The molecule has 1 rings (SSSR count). The van der Waals surface area contributed by atoms with Crippen LogP contribution in [0, 0.1) is 5.92 Å². The van der Waals surface area contributed by atoms with Crippen LogP contribution < -0.4 is 0 Å². The summed E-state index contributed by atoms with van der Waals surface area (Å²) in [5.41, 5.74) is -0.516. The predicted octanol–water partition coefficient (Wildman–Crippen LogP) is 2.04. The van der Waals surface area contributed by atoms with E-state index in [-0.39, 0.29) is 18.7 Å². The van der Waals surface area contributed by atoms with E-state index in [0.717, 1.165) is 6.42 Å². The number of aliphatic carboxylic acids is 1. The quantitative estimate of drug-likeness (QED) is 0.860. The SMILES string of the molecule is CC(C)C[C@H]1CN(CC(=O)O)CCN1C(=O)OC(C)(C)C. The number of rotatable bonds is 4. The summed E-state index contributed by atoms with van der Waals surface area (Å²) in [6.45, 7) is 11.4. The predicted molar refractivity (Wildman–Crippen MR) is 80.3 cm³/mol. The van der Waals surface area contributed by atoms with Crippen LogP contribution in [0.1, 0.15) is 41.0 Å². The van der Waals surface area contributed by atoms with Crippen LogP contribution in [0.3, 0.4) is 0 Å². The maximum atomic E-state index is 12.3. The molecule has 0 unspecified atom stereocenters. The third-order valence-corrected chi connectivity index (χ3v) is 3.30. The third kappa shape index (κ3) is 6.33. The van der Waals surface area contributed by atoms with Crippen LogP contribution in [0.5, 0.6) is 0 Å². The Kier molecular flexibility index (Phi) is 6.01. The van der Waals surface area contributed by atoms with Crippen LogP contribution in [0.4, 0.5) is 4.79 Å². The minimum absolute atomic E-state index is 0.00736. The van der Waals surface area contributed by atoms with E-state index in [1.165, 1.54) is 0 Å². The molecule has 0 aromatic rings. The van der Waals surface area contributed by atoms with E-state index in [4.69, 9.17) is 9.84 Å². The van der Waals surface area contributed by atoms with Gasteiger partial charge in [-0.25, -0.2) is 4.79 Å². The Bertz CT molecular complexity index is 376. The van der Waals surface area contributed by atoms with Crippen molar-refractivity contribution in [2.75, 3.05) is 26.2 Å². The number of nitrogens with zero attached hydrogens (tertiary/aromatic N) is 2. The Morgan fingerprint density at radius 3 is 2.38 bits per heavy atom. The van der Waals surface area contributed by atoms with E-state index in [1.807, 2.05) is 25.7 Å². The molecule has 1 aliphatic rings. The molecule has 0 aliphatic carbocycles. The molecule has 1 N–H and O–H groups in total. The number of amides is 1. The second-order valence-electron chi connectivity index (χ2n) is 7.09. The number of carbonyl (C=O) groups excluding carboxylic acids is 1. The molecule has 0 saturated carbocycles. The molecule has 1 amide bonds. The normalized spacial score (nSPS) is 20.7. The first-order valence-corrected chi connectivity index (χ1v) is 7.52. The Hall–Kier alpha value is -1.30. The van der Waals surface area contributed by atoms with Gasteiger partial charge in [0.1, 0.15) is 5.60 Å². The van der Waals surface area contributed by atoms with Crippen LogP contribution in [0.25, 0.3) is 0 Å². The molecule has 0 radical (unpaired) electrons. The second-order valence-corrected chi connectivity index (χ2v) is 7.09. The van der Waals surface area contributed by atoms with Crippen molar-refractivity contribution in [2.45, 2.75) is 52.7 Å². The van der Waals surface area contributed by atoms with Gasteiger partial charge < -0.3 is 14.7 Å². The molecule has 1 aliphatic heterocycles. The van der Waals surface area contributed by atoms with Gasteiger partial charge in [0.05, 0.1) is 6.54 Å². The van der Waals surface area contributed by atoms with Gasteiger partial charge >= 0.3 is 12.1 Å². The van der Waals surface area contributed by atoms with Crippen molar-refractivity contribution in [3.63, 3.8) is 0 Å². The average Bonchev–Trinajstić information content (AvgIpc) is 2.24. The zero-order valence-corrected chi connectivity index (χ0v) is 13.8. The summed E-state index contributed by atoms with van der Waals surface area (Å²) in [5.74, 6) is -0.395. The smallest absolute Gasteiger partial charge is 0.410 e. The molecular formula is C15H28N2O4. The van der Waals surface area contributed by atoms with E-state index in [2.05, 4.69) is 13.8 Å². The number of carboxylic acid groups (broad SMARTS) is 1. The lowest BCUT2D eigenvalue weighted by molar-refractivity contribution is -0.139. The number of hydrogen-bond donors (Lipinski definition) is 1. The minimum atomic E-state index is -0.830. The number of carbonyl (C=O) groups is 2. The topological polar surface area (TPSA) is 70.1 Å². The Balaban J connectivity index is 2.73. The monoisotopic (exact) mass is 300 g/mol. The highest BCUT2D eigenvalue weighted by molar-refractivity contribution is 5.70. The highest BCUT2D eigenvalue weighted by atomic mass is 16.6. The lowest BCUT2D eigenvalue weighted by Crippen LogP contribution is -2.57. The molecule has 1 saturated heterocycles. The summed E-state index contributed by atoms with van der Waals surface area (Å²) >= 11 is 0. The maximum Gasteiger partial charge on any atom is 0.410 e. The van der Waals surface area contributed by atoms with Gasteiger partial charge in [0.2, 0.25) is 0 Å². The molecule has 0 spiro atoms. The van der Waals surface area contributed by atoms with Crippen LogP contribution >= 0.6 is 0 Å². The summed E-state index contributed by atoms with van der Waals surface area (Å²) < 4.78 is 5.46. The van der Waals surface area contributed by atoms with Gasteiger partial charge in [0.15, 0.2) is 0 Å². The van der Waals surface area contributed by atoms with E-state index in [0.29, 0.717) is 25.6 Å². The molecule has 1 atom stereocenters. The van der Waals surface area contributed by atoms with Gasteiger partial charge in [-0.15, -0.1) is 0 Å². The summed E-state index contributed by atoms with van der Waals surface area (Å²) in [7, 11) is 0. The molecule has 122 valence electrons. The molecule has 6 nitrogen and oxygen atoms in total. The standard InChI is InChI=1S/C15H28N2O4/c1-11(2)8-12-9-16(10-13(18)19)6-7-17(12)14(20)21-15(3,4)5/h11-12H,6-10H2,1-5H3,(H,18,19)/t12-/m0/s1. The summed E-state index contributed by atoms with van der Waals surface area (Å²) in [5, 5.41) is 8.91. The fourth-order valence-electron chi connectivity index (χ4n) is 2.56. The first kappa shape index (κ1) is 17.8. The van der Waals surface area contributed by atoms with Gasteiger partial charge in [-0.2, -0.15) is 0 Å². The third-order valence-electron chi connectivity index (χ3n) is 3.30. The first-order chi connectivity index (χ1) is 9.58. The molecule has 21 heavy (non-hydrogen) atoms. The number of ether oxygens (including phenoxy) is 1. The van der Waals surface area contributed by atoms with Crippen molar-refractivity contribution in [2.24, 2.45) is 5.92 Å². The molecule has 0 bridgehead atoms. The summed E-state index contributed by atoms with van der Waals surface area (Å²) in [6, 6.07) is 0.00736. The van der Waals surface area contributed by atoms with E-state index >= 15 is 0 Å². The Morgan fingerprint density at radius 2 is 1.90 bits per heavy atom. The van der Waals surface area contributed by atoms with Crippen LogP contribution in [0.2, 0.25) is 0 Å². The van der Waals surface area contributed by atoms with Gasteiger partial charge in [-0.3, -0.25) is 9.69 Å². The van der Waals surface area contributed by atoms with Crippen molar-refractivity contribution in [1.29, 1.82) is 0 Å². The number of piperazine rings is 1. The molecule has 1 heterocycles. The van der Waals surface area contributed by atoms with Crippen molar-refractivity contribution in [1.82, 2.24) is 9.80 Å². The van der Waals surface area contributed by atoms with E-state index < -0.39 is 11.6 Å². The molecule has 1 fully saturated rings. The van der Waals surface area contributed by atoms with Crippen molar-refractivity contribution in [3.05, 3.63) is 0 Å². The van der Waals surface area contributed by atoms with Gasteiger partial charge in [-0.05, 0) is 33.1 Å². The molecular weight excluding hydrogens is 272 g/mol. The summed E-state index contributed by atoms with van der Waals surface area (Å²) in [4.78, 5) is 26.8. The first-order valence-electron chi connectivity index (χ1n) is 7.52. The summed E-state index contributed by atoms with van der Waals surface area (Å²) in [6.07, 6.45) is 0.540. The highest BCUT2D eigenvalue weighted by Gasteiger charge is 2.34. The Morgan fingerprint density at radius 1 is 1.29 bits per heavy atom. The zero-order chi connectivity index (χ0) is 16.2. The van der Waals surface area contributed by atoms with Crippen molar-refractivity contribution < 1.29 is 19.4 Å². The largest absolute Gasteiger partial charge is 0.480 e. The second kappa shape index (κ2) is 7.11. The maximum absolute atomic E-state index is 12.3. The van der Waals surface area contributed by atoms with Gasteiger partial charge in [0, 0.05) is 25.7 Å². The molecule has 0 aromatic carbocycles. The minimum Gasteiger partial charge on any atom is -0.480 e. The van der Waals surface area contributed by atoms with Gasteiger partial charge in [-0.1, -0.05) is 13.8 Å². The van der Waals surface area contributed by atoms with Crippen LogP contribution in [-0.4, -0.2) is 64.8 Å². The number of hydrogen-bond acceptors (Lipinski definition) is 4. The van der Waals surface area contributed by atoms with Crippen molar-refractivity contribution in [3.8, 4) is 0 Å². The fourth-order valence-corrected chi connectivity index (χ4v) is 2.56. The van der Waals surface area contributed by atoms with Crippen molar-refractivity contribution >= 4 is 12.1 Å². The molecule has 0 aromatic heterocycles. The lowest BCUT2D eigenvalue weighted by Gasteiger charge is -2.41. The fraction of sp³-hybridized carbons (Fsp3) is 0.867. The van der Waals surface area contributed by atoms with Gasteiger partial charge in [0.25, 0.3) is 0 Å². The zero-order valence-electron chi connectivity index (χ0n) is 13.8. The van der Waals surface area contributed by atoms with Crippen LogP contribution in [0.15, 0.2) is 0 Å². The average molecular weight is 300 g/mol. The number of carboxylic acids is 1. The molecule has 6 heteroatoms. The Labute approximate surface area is 127 Å². The van der Waals surface area contributed by atoms with E-state index in [1.54, 1.807) is 4.90 Å². The van der Waals surface area contributed by atoms with Crippen LogP contribution in [-0.2, 0) is 9.53 Å². The van der Waals surface area contributed by atoms with E-state index in [9.17, 15) is 9.59 Å². The lowest BCUT2D eigenvalue weighted by atomic mass is 10.0. The highest BCUT2D eigenvalue weighted by Crippen LogP contribution is 2.20.